The molecule has 1 aromatic rings. The molecule has 0 aliphatic heterocycles. The minimum Gasteiger partial charge on any atom is -0.282 e. The Kier molecular flexibility index (Phi) is 6.94. The Labute approximate surface area is 107 Å². The molecule has 1 rings (SSSR count). The molecule has 0 spiro atoms. The van der Waals surface area contributed by atoms with E-state index in [-0.39, 0.29) is 5.12 Å². The van der Waals surface area contributed by atoms with Crippen molar-refractivity contribution in [2.45, 2.75) is 38.8 Å². The van der Waals surface area contributed by atoms with Gasteiger partial charge in [0.05, 0.1) is 0 Å². The number of halogens is 1. The zero-order chi connectivity index (χ0) is 12.5. The van der Waals surface area contributed by atoms with E-state index in [4.69, 9.17) is 0 Å². The van der Waals surface area contributed by atoms with Gasteiger partial charge in [-0.05, 0) is 19.3 Å². The molecule has 1 aromatic carbocycles. The summed E-state index contributed by atoms with van der Waals surface area (Å²) in [6.07, 6.45) is 2.16. The Hall–Kier alpha value is -0.830. The smallest absolute Gasteiger partial charge is 0.219 e. The molecule has 3 heteroatoms. The lowest BCUT2D eigenvalue weighted by atomic mass is 10.1. The molecule has 0 saturated heterocycles. The second kappa shape index (κ2) is 8.29. The van der Waals surface area contributed by atoms with Gasteiger partial charge in [0, 0.05) is 11.3 Å². The maximum absolute atomic E-state index is 13.2. The maximum atomic E-state index is 13.2. The average molecular weight is 254 g/mol. The number of carbonyl (C=O) groups is 1. The van der Waals surface area contributed by atoms with Crippen LogP contribution in [0, 0.1) is 0 Å². The van der Waals surface area contributed by atoms with Crippen molar-refractivity contribution >= 4 is 16.9 Å². The van der Waals surface area contributed by atoms with Gasteiger partial charge in [-0.1, -0.05) is 55.4 Å². The van der Waals surface area contributed by atoms with E-state index >= 15 is 0 Å². The van der Waals surface area contributed by atoms with Crippen LogP contribution in [-0.2, 0) is 0 Å². The average Bonchev–Trinajstić information content (AvgIpc) is 2.36. The molecule has 1 nitrogen and oxygen atoms in total. The lowest BCUT2D eigenvalue weighted by molar-refractivity contribution is 0.108. The standard InChI is InChI=1S/C14H19FOS/c1-2-7-13(15)10-6-11-17-14(16)12-8-4-3-5-9-12/h3-5,8-9,13H,2,6-7,10-11H2,1H3. The van der Waals surface area contributed by atoms with Crippen LogP contribution >= 0.6 is 11.8 Å². The summed E-state index contributed by atoms with van der Waals surface area (Å²) in [6.45, 7) is 1.99. The minimum absolute atomic E-state index is 0.0801. The van der Waals surface area contributed by atoms with E-state index in [2.05, 4.69) is 0 Å². The summed E-state index contributed by atoms with van der Waals surface area (Å²) in [5.74, 6) is 0.706. The van der Waals surface area contributed by atoms with E-state index in [0.29, 0.717) is 18.6 Å². The fourth-order valence-electron chi connectivity index (χ4n) is 1.58. The highest BCUT2D eigenvalue weighted by molar-refractivity contribution is 8.14. The second-order valence-electron chi connectivity index (χ2n) is 4.03. The number of thioether (sulfide) groups is 1. The third kappa shape index (κ3) is 5.87. The number of hydrogen-bond acceptors (Lipinski definition) is 2. The Bertz CT molecular complexity index is 326. The van der Waals surface area contributed by atoms with Gasteiger partial charge < -0.3 is 0 Å². The molecule has 17 heavy (non-hydrogen) atoms. The first kappa shape index (κ1) is 14.2. The first-order chi connectivity index (χ1) is 8.24. The fourth-order valence-corrected chi connectivity index (χ4v) is 2.38. The van der Waals surface area contributed by atoms with Crippen molar-refractivity contribution in [3.8, 4) is 0 Å². The predicted octanol–water partition coefficient (Wildman–Crippen LogP) is 4.48. The van der Waals surface area contributed by atoms with Gasteiger partial charge in [0.1, 0.15) is 6.17 Å². The van der Waals surface area contributed by atoms with Crippen molar-refractivity contribution in [2.75, 3.05) is 5.75 Å². The SMILES string of the molecule is CCCC(F)CCCSC(=O)c1ccccc1. The van der Waals surface area contributed by atoms with E-state index in [1.165, 1.54) is 11.8 Å². The molecule has 1 atom stereocenters. The minimum atomic E-state index is -0.701. The van der Waals surface area contributed by atoms with Crippen molar-refractivity contribution in [3.05, 3.63) is 35.9 Å². The van der Waals surface area contributed by atoms with E-state index in [1.807, 2.05) is 37.3 Å². The Balaban J connectivity index is 2.17. The molecule has 0 aromatic heterocycles. The van der Waals surface area contributed by atoms with Gasteiger partial charge in [0.25, 0.3) is 0 Å². The van der Waals surface area contributed by atoms with E-state index in [0.717, 1.165) is 18.4 Å². The first-order valence-corrected chi connectivity index (χ1v) is 7.09. The first-order valence-electron chi connectivity index (χ1n) is 6.10. The molecule has 0 bridgehead atoms. The van der Waals surface area contributed by atoms with Crippen LogP contribution in [-0.4, -0.2) is 17.0 Å². The van der Waals surface area contributed by atoms with Crippen molar-refractivity contribution in [1.29, 1.82) is 0 Å². The largest absolute Gasteiger partial charge is 0.282 e. The lowest BCUT2D eigenvalue weighted by Crippen LogP contribution is -2.01. The van der Waals surface area contributed by atoms with Crippen LogP contribution in [0.2, 0.25) is 0 Å². The molecule has 0 amide bonds. The number of hydrogen-bond donors (Lipinski definition) is 0. The van der Waals surface area contributed by atoms with Crippen LogP contribution in [0.1, 0.15) is 43.0 Å². The normalized spacial score (nSPS) is 12.4. The highest BCUT2D eigenvalue weighted by atomic mass is 32.2. The number of carbonyl (C=O) groups excluding carboxylic acids is 1. The van der Waals surface area contributed by atoms with Gasteiger partial charge in [-0.15, -0.1) is 0 Å². The van der Waals surface area contributed by atoms with Crippen LogP contribution < -0.4 is 0 Å². The van der Waals surface area contributed by atoms with E-state index < -0.39 is 6.17 Å². The van der Waals surface area contributed by atoms with Gasteiger partial charge in [-0.25, -0.2) is 4.39 Å². The Morgan fingerprint density at radius 2 is 2.00 bits per heavy atom. The van der Waals surface area contributed by atoms with Crippen LogP contribution in [0.4, 0.5) is 4.39 Å². The highest BCUT2D eigenvalue weighted by Crippen LogP contribution is 2.16. The van der Waals surface area contributed by atoms with Gasteiger partial charge in [-0.2, -0.15) is 0 Å². The number of alkyl halides is 1. The summed E-state index contributed by atoms with van der Waals surface area (Å²) in [6, 6.07) is 9.22. The lowest BCUT2D eigenvalue weighted by Gasteiger charge is -2.05. The van der Waals surface area contributed by atoms with Crippen molar-refractivity contribution < 1.29 is 9.18 Å². The van der Waals surface area contributed by atoms with Crippen LogP contribution in [0.25, 0.3) is 0 Å². The third-order valence-electron chi connectivity index (χ3n) is 2.51. The molecule has 1 unspecified atom stereocenters. The second-order valence-corrected chi connectivity index (χ2v) is 5.10. The van der Waals surface area contributed by atoms with Crippen molar-refractivity contribution in [3.63, 3.8) is 0 Å². The molecule has 94 valence electrons. The molecule has 0 fully saturated rings. The van der Waals surface area contributed by atoms with Crippen molar-refractivity contribution in [2.24, 2.45) is 0 Å². The zero-order valence-electron chi connectivity index (χ0n) is 10.2. The molecule has 0 radical (unpaired) electrons. The van der Waals surface area contributed by atoms with Gasteiger partial charge in [0.2, 0.25) is 5.12 Å². The van der Waals surface area contributed by atoms with Gasteiger partial charge in [0.15, 0.2) is 0 Å². The van der Waals surface area contributed by atoms with Crippen LogP contribution in [0.15, 0.2) is 30.3 Å². The van der Waals surface area contributed by atoms with E-state index in [9.17, 15) is 9.18 Å². The molecule has 0 aliphatic carbocycles. The fraction of sp³-hybridized carbons (Fsp3) is 0.500. The van der Waals surface area contributed by atoms with Crippen molar-refractivity contribution in [1.82, 2.24) is 0 Å². The molecule has 0 saturated carbocycles. The summed E-state index contributed by atoms with van der Waals surface area (Å²) < 4.78 is 13.2. The summed E-state index contributed by atoms with van der Waals surface area (Å²) in [4.78, 5) is 11.7. The summed E-state index contributed by atoms with van der Waals surface area (Å²) in [7, 11) is 0. The number of rotatable bonds is 7. The zero-order valence-corrected chi connectivity index (χ0v) is 11.0. The van der Waals surface area contributed by atoms with E-state index in [1.54, 1.807) is 0 Å². The summed E-state index contributed by atoms with van der Waals surface area (Å²) >= 11 is 1.28. The van der Waals surface area contributed by atoms with Gasteiger partial charge >= 0.3 is 0 Å². The third-order valence-corrected chi connectivity index (χ3v) is 3.50. The molecule has 0 heterocycles. The highest BCUT2D eigenvalue weighted by Gasteiger charge is 2.07. The Morgan fingerprint density at radius 1 is 1.29 bits per heavy atom. The summed E-state index contributed by atoms with van der Waals surface area (Å²) in [5.41, 5.74) is 0.725. The maximum Gasteiger partial charge on any atom is 0.219 e. The van der Waals surface area contributed by atoms with Crippen LogP contribution in [0.5, 0.6) is 0 Å². The number of benzene rings is 1. The molecular formula is C14H19FOS. The van der Waals surface area contributed by atoms with Crippen LogP contribution in [0.3, 0.4) is 0 Å². The molecule has 0 aliphatic rings. The Morgan fingerprint density at radius 3 is 2.65 bits per heavy atom. The quantitative estimate of drug-likeness (QED) is 0.667. The molecular weight excluding hydrogens is 235 g/mol. The molecule has 0 N–H and O–H groups in total. The monoisotopic (exact) mass is 254 g/mol. The predicted molar refractivity (Wildman–Crippen MR) is 72.3 cm³/mol. The topological polar surface area (TPSA) is 17.1 Å². The summed E-state index contributed by atoms with van der Waals surface area (Å²) in [5, 5.41) is 0.0801. The van der Waals surface area contributed by atoms with Gasteiger partial charge in [-0.3, -0.25) is 4.79 Å².